The van der Waals surface area contributed by atoms with E-state index in [0.29, 0.717) is 0 Å². The Bertz CT molecular complexity index is 312. The molecule has 0 spiro atoms. The molecule has 1 rings (SSSR count). The number of hydrogen-bond acceptors (Lipinski definition) is 3. The molecule has 3 heteroatoms. The third-order valence-corrected chi connectivity index (χ3v) is 2.69. The van der Waals surface area contributed by atoms with Gasteiger partial charge in [0.2, 0.25) is 0 Å². The molecule has 70 valence electrons. The fraction of sp³-hybridized carbons (Fsp3) is 0.300. The summed E-state index contributed by atoms with van der Waals surface area (Å²) in [5.41, 5.74) is 0.971. The Labute approximate surface area is 82.5 Å². The van der Waals surface area contributed by atoms with Crippen LogP contribution in [0.25, 0.3) is 0 Å². The zero-order valence-electron chi connectivity index (χ0n) is 8.07. The largest absolute Gasteiger partial charge is 0.381 e. The van der Waals surface area contributed by atoms with E-state index in [9.17, 15) is 4.79 Å². The SMILES string of the molecule is CC(=CC(=O)c1cccs1)N(C)C. The molecule has 0 aliphatic heterocycles. The van der Waals surface area contributed by atoms with Gasteiger partial charge in [0.25, 0.3) is 0 Å². The van der Waals surface area contributed by atoms with Gasteiger partial charge in [-0.05, 0) is 18.4 Å². The fourth-order valence-corrected chi connectivity index (χ4v) is 1.44. The van der Waals surface area contributed by atoms with Gasteiger partial charge >= 0.3 is 0 Å². The van der Waals surface area contributed by atoms with Crippen LogP contribution < -0.4 is 0 Å². The molecule has 0 radical (unpaired) electrons. The van der Waals surface area contributed by atoms with Crippen molar-refractivity contribution in [1.29, 1.82) is 0 Å². The van der Waals surface area contributed by atoms with Crippen molar-refractivity contribution in [2.45, 2.75) is 6.92 Å². The molecule has 0 bridgehead atoms. The van der Waals surface area contributed by atoms with Crippen LogP contribution in [0.5, 0.6) is 0 Å². The minimum Gasteiger partial charge on any atom is -0.381 e. The summed E-state index contributed by atoms with van der Waals surface area (Å²) in [7, 11) is 3.85. The van der Waals surface area contributed by atoms with Crippen molar-refractivity contribution in [2.75, 3.05) is 14.1 Å². The van der Waals surface area contributed by atoms with Crippen LogP contribution in [0.2, 0.25) is 0 Å². The van der Waals surface area contributed by atoms with Crippen molar-refractivity contribution < 1.29 is 4.79 Å². The Kier molecular flexibility index (Phi) is 3.25. The smallest absolute Gasteiger partial charge is 0.197 e. The van der Waals surface area contributed by atoms with Gasteiger partial charge in [-0.2, -0.15) is 0 Å². The predicted octanol–water partition coefficient (Wildman–Crippen LogP) is 2.40. The molecule has 0 aliphatic rings. The average molecular weight is 195 g/mol. The van der Waals surface area contributed by atoms with E-state index in [2.05, 4.69) is 0 Å². The average Bonchev–Trinajstić information content (AvgIpc) is 2.55. The van der Waals surface area contributed by atoms with E-state index in [0.717, 1.165) is 10.6 Å². The van der Waals surface area contributed by atoms with Gasteiger partial charge in [0.05, 0.1) is 4.88 Å². The van der Waals surface area contributed by atoms with Gasteiger partial charge in [-0.15, -0.1) is 11.3 Å². The lowest BCUT2D eigenvalue weighted by Gasteiger charge is -2.11. The molecule has 0 aliphatic carbocycles. The van der Waals surface area contributed by atoms with Crippen molar-refractivity contribution in [2.24, 2.45) is 0 Å². The molecule has 0 saturated heterocycles. The summed E-state index contributed by atoms with van der Waals surface area (Å²) in [4.78, 5) is 14.2. The number of thiophene rings is 1. The Morgan fingerprint density at radius 3 is 2.69 bits per heavy atom. The van der Waals surface area contributed by atoms with Gasteiger partial charge in [0.15, 0.2) is 5.78 Å². The monoisotopic (exact) mass is 195 g/mol. The summed E-state index contributed by atoms with van der Waals surface area (Å²) in [6.45, 7) is 1.92. The van der Waals surface area contributed by atoms with Crippen LogP contribution in [0.4, 0.5) is 0 Å². The highest BCUT2D eigenvalue weighted by molar-refractivity contribution is 7.12. The number of carbonyl (C=O) groups excluding carboxylic acids is 1. The second-order valence-electron chi connectivity index (χ2n) is 3.02. The van der Waals surface area contributed by atoms with Gasteiger partial charge in [0, 0.05) is 25.9 Å². The van der Waals surface area contributed by atoms with Crippen LogP contribution >= 0.6 is 11.3 Å². The lowest BCUT2D eigenvalue weighted by atomic mass is 10.2. The van der Waals surface area contributed by atoms with Crippen molar-refractivity contribution in [3.63, 3.8) is 0 Å². The molecule has 1 aromatic heterocycles. The molecular weight excluding hydrogens is 182 g/mol. The van der Waals surface area contributed by atoms with Crippen molar-refractivity contribution in [3.05, 3.63) is 34.2 Å². The third kappa shape index (κ3) is 2.70. The third-order valence-electron chi connectivity index (χ3n) is 1.81. The lowest BCUT2D eigenvalue weighted by molar-refractivity contribution is 0.104. The van der Waals surface area contributed by atoms with E-state index in [1.54, 1.807) is 6.08 Å². The number of rotatable bonds is 3. The van der Waals surface area contributed by atoms with Crippen LogP contribution in [0, 0.1) is 0 Å². The summed E-state index contributed by atoms with van der Waals surface area (Å²) < 4.78 is 0. The second kappa shape index (κ2) is 4.23. The predicted molar refractivity (Wildman–Crippen MR) is 56.1 cm³/mol. The van der Waals surface area contributed by atoms with Gasteiger partial charge in [0.1, 0.15) is 0 Å². The molecule has 0 N–H and O–H groups in total. The quantitative estimate of drug-likeness (QED) is 0.545. The summed E-state index contributed by atoms with van der Waals surface area (Å²) in [6, 6.07) is 3.73. The maximum absolute atomic E-state index is 11.5. The first kappa shape index (κ1) is 9.99. The number of hydrogen-bond donors (Lipinski definition) is 0. The van der Waals surface area contributed by atoms with Crippen LogP contribution in [0.15, 0.2) is 29.3 Å². The number of carbonyl (C=O) groups is 1. The minimum absolute atomic E-state index is 0.0844. The van der Waals surface area contributed by atoms with E-state index in [4.69, 9.17) is 0 Å². The Morgan fingerprint density at radius 2 is 2.23 bits per heavy atom. The van der Waals surface area contributed by atoms with Crippen LogP contribution in [0.1, 0.15) is 16.6 Å². The zero-order valence-corrected chi connectivity index (χ0v) is 8.89. The Morgan fingerprint density at radius 1 is 1.54 bits per heavy atom. The van der Waals surface area contributed by atoms with Gasteiger partial charge < -0.3 is 4.90 Å². The van der Waals surface area contributed by atoms with E-state index in [-0.39, 0.29) is 5.78 Å². The molecule has 2 nitrogen and oxygen atoms in total. The lowest BCUT2D eigenvalue weighted by Crippen LogP contribution is -2.09. The molecule has 0 fully saturated rings. The molecule has 0 aromatic carbocycles. The van der Waals surface area contributed by atoms with E-state index in [1.807, 2.05) is 43.4 Å². The number of ketones is 1. The maximum atomic E-state index is 11.5. The molecule has 0 atom stereocenters. The Balaban J connectivity index is 2.76. The van der Waals surface area contributed by atoms with Gasteiger partial charge in [-0.3, -0.25) is 4.79 Å². The molecule has 1 heterocycles. The molecule has 0 saturated carbocycles. The zero-order chi connectivity index (χ0) is 9.84. The topological polar surface area (TPSA) is 20.3 Å². The molecular formula is C10H13NOS. The second-order valence-corrected chi connectivity index (χ2v) is 3.97. The minimum atomic E-state index is 0.0844. The molecule has 0 unspecified atom stereocenters. The highest BCUT2D eigenvalue weighted by Crippen LogP contribution is 2.11. The molecule has 13 heavy (non-hydrogen) atoms. The van der Waals surface area contributed by atoms with Crippen molar-refractivity contribution >= 4 is 17.1 Å². The van der Waals surface area contributed by atoms with Gasteiger partial charge in [-0.25, -0.2) is 0 Å². The highest BCUT2D eigenvalue weighted by Gasteiger charge is 2.03. The number of allylic oxidation sites excluding steroid dienone is 2. The normalized spacial score (nSPS) is 11.5. The van der Waals surface area contributed by atoms with Crippen LogP contribution in [0.3, 0.4) is 0 Å². The fourth-order valence-electron chi connectivity index (χ4n) is 0.809. The van der Waals surface area contributed by atoms with Crippen LogP contribution in [-0.4, -0.2) is 24.8 Å². The number of nitrogens with zero attached hydrogens (tertiary/aromatic N) is 1. The molecule has 0 amide bonds. The van der Waals surface area contributed by atoms with E-state index < -0.39 is 0 Å². The van der Waals surface area contributed by atoms with Crippen molar-refractivity contribution in [1.82, 2.24) is 4.90 Å². The summed E-state index contributed by atoms with van der Waals surface area (Å²) >= 11 is 1.47. The standard InChI is InChI=1S/C10H13NOS/c1-8(11(2)3)7-9(12)10-5-4-6-13-10/h4-7H,1-3H3. The maximum Gasteiger partial charge on any atom is 0.197 e. The molecule has 1 aromatic rings. The Hall–Kier alpha value is -1.09. The first-order valence-electron chi connectivity index (χ1n) is 4.04. The van der Waals surface area contributed by atoms with Crippen molar-refractivity contribution in [3.8, 4) is 0 Å². The summed E-state index contributed by atoms with van der Waals surface area (Å²) in [5, 5.41) is 1.91. The van der Waals surface area contributed by atoms with E-state index in [1.165, 1.54) is 11.3 Å². The first-order valence-corrected chi connectivity index (χ1v) is 4.92. The van der Waals surface area contributed by atoms with E-state index >= 15 is 0 Å². The summed E-state index contributed by atoms with van der Waals surface area (Å²) in [6.07, 6.45) is 1.66. The van der Waals surface area contributed by atoms with Gasteiger partial charge in [-0.1, -0.05) is 6.07 Å². The first-order chi connectivity index (χ1) is 6.11. The summed E-state index contributed by atoms with van der Waals surface area (Å²) in [5.74, 6) is 0.0844. The van der Waals surface area contributed by atoms with Crippen LogP contribution in [-0.2, 0) is 0 Å². The highest BCUT2D eigenvalue weighted by atomic mass is 32.1.